The lowest BCUT2D eigenvalue weighted by Gasteiger charge is -2.23. The first-order valence-electron chi connectivity index (χ1n) is 7.18. The average molecular weight is 379 g/mol. The number of unbranched alkanes of at least 4 members (excludes halogenated alkanes) is 1. The van der Waals surface area contributed by atoms with Crippen LogP contribution in [0.5, 0.6) is 0 Å². The highest BCUT2D eigenvalue weighted by Crippen LogP contribution is 2.29. The van der Waals surface area contributed by atoms with Gasteiger partial charge in [-0.15, -0.1) is 11.3 Å². The van der Waals surface area contributed by atoms with E-state index < -0.39 is 0 Å². The van der Waals surface area contributed by atoms with Crippen LogP contribution in [0, 0.1) is 8.80 Å². The minimum atomic E-state index is 0.552. The number of rotatable bonds is 9. The van der Waals surface area contributed by atoms with Gasteiger partial charge in [-0.1, -0.05) is 46.5 Å². The highest BCUT2D eigenvalue weighted by Gasteiger charge is 2.17. The number of hydrogen-bond donors (Lipinski definition) is 1. The number of hydrogen-bond acceptors (Lipinski definition) is 2. The summed E-state index contributed by atoms with van der Waals surface area (Å²) in [6, 6.07) is 2.89. The summed E-state index contributed by atoms with van der Waals surface area (Å²) in [7, 11) is 0. The molecular weight excluding hydrogens is 353 g/mol. The molecule has 0 bridgehead atoms. The highest BCUT2D eigenvalue weighted by molar-refractivity contribution is 14.1. The number of nitrogens with one attached hydrogen (secondary N) is 1. The second kappa shape index (κ2) is 9.32. The molecule has 2 atom stereocenters. The SMILES string of the molecule is CCCCC(CC)CC(NCC)c1csc(I)c1. The van der Waals surface area contributed by atoms with Gasteiger partial charge in [-0.05, 0) is 58.5 Å². The summed E-state index contributed by atoms with van der Waals surface area (Å²) in [5.41, 5.74) is 1.49. The molecule has 0 spiro atoms. The summed E-state index contributed by atoms with van der Waals surface area (Å²) >= 11 is 4.28. The Hall–Kier alpha value is 0.390. The largest absolute Gasteiger partial charge is 0.310 e. The first-order valence-corrected chi connectivity index (χ1v) is 9.14. The second-order valence-corrected chi connectivity index (χ2v) is 7.75. The van der Waals surface area contributed by atoms with Gasteiger partial charge < -0.3 is 5.32 Å². The number of thiophene rings is 1. The maximum atomic E-state index is 3.66. The van der Waals surface area contributed by atoms with E-state index in [0.717, 1.165) is 12.5 Å². The summed E-state index contributed by atoms with van der Waals surface area (Å²) in [4.78, 5) is 0. The Morgan fingerprint density at radius 2 is 2.11 bits per heavy atom. The molecule has 0 saturated carbocycles. The molecule has 1 aromatic rings. The lowest BCUT2D eigenvalue weighted by molar-refractivity contribution is 0.357. The van der Waals surface area contributed by atoms with Crippen molar-refractivity contribution in [1.82, 2.24) is 5.32 Å². The predicted octanol–water partition coefficient (Wildman–Crippen LogP) is 5.61. The van der Waals surface area contributed by atoms with E-state index in [-0.39, 0.29) is 0 Å². The van der Waals surface area contributed by atoms with Crippen LogP contribution in [0.15, 0.2) is 11.4 Å². The van der Waals surface area contributed by atoms with Crippen molar-refractivity contribution in [2.75, 3.05) is 6.54 Å². The van der Waals surface area contributed by atoms with Crippen molar-refractivity contribution in [2.45, 2.75) is 58.9 Å². The molecule has 1 nitrogen and oxygen atoms in total. The van der Waals surface area contributed by atoms with E-state index in [1.54, 1.807) is 0 Å². The molecule has 1 aromatic heterocycles. The topological polar surface area (TPSA) is 12.0 Å². The first kappa shape index (κ1) is 16.4. The van der Waals surface area contributed by atoms with Crippen LogP contribution in [-0.2, 0) is 0 Å². The van der Waals surface area contributed by atoms with Crippen LogP contribution in [0.2, 0.25) is 0 Å². The molecule has 2 unspecified atom stereocenters. The molecule has 1 heterocycles. The zero-order valence-electron chi connectivity index (χ0n) is 11.8. The molecule has 0 aromatic carbocycles. The zero-order valence-corrected chi connectivity index (χ0v) is 14.8. The molecule has 0 aliphatic heterocycles. The van der Waals surface area contributed by atoms with Gasteiger partial charge in [0.25, 0.3) is 0 Å². The summed E-state index contributed by atoms with van der Waals surface area (Å²) in [5.74, 6) is 0.867. The maximum Gasteiger partial charge on any atom is 0.0656 e. The van der Waals surface area contributed by atoms with Crippen LogP contribution in [0.3, 0.4) is 0 Å². The van der Waals surface area contributed by atoms with Gasteiger partial charge in [0, 0.05) is 6.04 Å². The molecular formula is C15H26INS. The molecule has 3 heteroatoms. The Labute approximate surface area is 130 Å². The van der Waals surface area contributed by atoms with E-state index in [1.807, 2.05) is 11.3 Å². The van der Waals surface area contributed by atoms with Gasteiger partial charge >= 0.3 is 0 Å². The van der Waals surface area contributed by atoms with E-state index >= 15 is 0 Å². The van der Waals surface area contributed by atoms with Gasteiger partial charge in [0.05, 0.1) is 2.88 Å². The van der Waals surface area contributed by atoms with Crippen molar-refractivity contribution in [3.63, 3.8) is 0 Å². The van der Waals surface area contributed by atoms with Crippen molar-refractivity contribution in [2.24, 2.45) is 5.92 Å². The standard InChI is InChI=1S/C15H26INS/c1-4-7-8-12(5-2)9-14(17-6-3)13-10-15(16)18-11-13/h10-12,14,17H,4-9H2,1-3H3. The van der Waals surface area contributed by atoms with Gasteiger partial charge in [0.1, 0.15) is 0 Å². The highest BCUT2D eigenvalue weighted by atomic mass is 127. The number of halogens is 1. The van der Waals surface area contributed by atoms with Gasteiger partial charge in [-0.3, -0.25) is 0 Å². The molecule has 1 rings (SSSR count). The van der Waals surface area contributed by atoms with E-state index in [4.69, 9.17) is 0 Å². The third kappa shape index (κ3) is 5.57. The molecule has 0 aliphatic rings. The van der Waals surface area contributed by atoms with Crippen molar-refractivity contribution >= 4 is 33.9 Å². The van der Waals surface area contributed by atoms with Crippen LogP contribution in [0.1, 0.15) is 64.5 Å². The summed E-state index contributed by atoms with van der Waals surface area (Å²) in [5, 5.41) is 5.98. The monoisotopic (exact) mass is 379 g/mol. The smallest absolute Gasteiger partial charge is 0.0656 e. The Bertz CT molecular complexity index is 324. The Morgan fingerprint density at radius 3 is 2.61 bits per heavy atom. The van der Waals surface area contributed by atoms with Crippen LogP contribution in [0.25, 0.3) is 0 Å². The third-order valence-corrected chi connectivity index (χ3v) is 5.36. The summed E-state index contributed by atoms with van der Waals surface area (Å²) in [6.07, 6.45) is 6.67. The average Bonchev–Trinajstić information content (AvgIpc) is 2.80. The van der Waals surface area contributed by atoms with Crippen LogP contribution in [-0.4, -0.2) is 6.54 Å². The summed E-state index contributed by atoms with van der Waals surface area (Å²) in [6.45, 7) is 7.88. The Balaban J connectivity index is 2.60. The fraction of sp³-hybridized carbons (Fsp3) is 0.733. The fourth-order valence-electron chi connectivity index (χ4n) is 2.40. The molecule has 0 saturated heterocycles. The molecule has 0 amide bonds. The van der Waals surface area contributed by atoms with Gasteiger partial charge in [0.2, 0.25) is 0 Å². The Morgan fingerprint density at radius 1 is 1.33 bits per heavy atom. The lowest BCUT2D eigenvalue weighted by Crippen LogP contribution is -2.23. The van der Waals surface area contributed by atoms with E-state index in [2.05, 4.69) is 60.1 Å². The van der Waals surface area contributed by atoms with Crippen molar-refractivity contribution in [1.29, 1.82) is 0 Å². The first-order chi connectivity index (χ1) is 8.71. The molecule has 0 radical (unpaired) electrons. The quantitative estimate of drug-likeness (QED) is 0.550. The minimum Gasteiger partial charge on any atom is -0.310 e. The lowest BCUT2D eigenvalue weighted by atomic mass is 9.90. The fourth-order valence-corrected chi connectivity index (χ4v) is 3.83. The van der Waals surface area contributed by atoms with Gasteiger partial charge in [-0.2, -0.15) is 0 Å². The van der Waals surface area contributed by atoms with Crippen molar-refractivity contribution in [3.8, 4) is 0 Å². The van der Waals surface area contributed by atoms with Crippen molar-refractivity contribution in [3.05, 3.63) is 19.9 Å². The van der Waals surface area contributed by atoms with Crippen LogP contribution < -0.4 is 5.32 Å². The van der Waals surface area contributed by atoms with Crippen molar-refractivity contribution < 1.29 is 0 Å². The van der Waals surface area contributed by atoms with Crippen LogP contribution in [0.4, 0.5) is 0 Å². The zero-order chi connectivity index (χ0) is 13.4. The minimum absolute atomic E-state index is 0.552. The molecule has 1 N–H and O–H groups in total. The van der Waals surface area contributed by atoms with Gasteiger partial charge in [0.15, 0.2) is 0 Å². The Kier molecular flexibility index (Phi) is 8.51. The van der Waals surface area contributed by atoms with E-state index in [0.29, 0.717) is 6.04 Å². The van der Waals surface area contributed by atoms with E-state index in [9.17, 15) is 0 Å². The normalized spacial score (nSPS) is 14.7. The molecule has 18 heavy (non-hydrogen) atoms. The molecule has 0 fully saturated rings. The van der Waals surface area contributed by atoms with E-state index in [1.165, 1.54) is 40.6 Å². The third-order valence-electron chi connectivity index (χ3n) is 3.55. The molecule has 0 aliphatic carbocycles. The van der Waals surface area contributed by atoms with Crippen LogP contribution >= 0.6 is 33.9 Å². The maximum absolute atomic E-state index is 3.66. The second-order valence-electron chi connectivity index (χ2n) is 4.95. The summed E-state index contributed by atoms with van der Waals surface area (Å²) < 4.78 is 1.40. The van der Waals surface area contributed by atoms with Gasteiger partial charge in [-0.25, -0.2) is 0 Å². The molecule has 104 valence electrons. The predicted molar refractivity (Wildman–Crippen MR) is 91.4 cm³/mol.